The van der Waals surface area contributed by atoms with Gasteiger partial charge in [0.15, 0.2) is 5.76 Å². The molecule has 0 amide bonds. The maximum Gasteiger partial charge on any atom is 0.229 e. The van der Waals surface area contributed by atoms with Crippen molar-refractivity contribution in [2.75, 3.05) is 12.5 Å². The summed E-state index contributed by atoms with van der Waals surface area (Å²) in [5.41, 5.74) is 2.90. The molecule has 0 atom stereocenters. The number of ketones is 1. The van der Waals surface area contributed by atoms with Crippen LogP contribution in [-0.2, 0) is 11.3 Å². The average molecular weight is 345 g/mol. The molecule has 0 saturated carbocycles. The van der Waals surface area contributed by atoms with Gasteiger partial charge in [-0.3, -0.25) is 4.79 Å². The number of benzene rings is 2. The lowest BCUT2D eigenvalue weighted by molar-refractivity contribution is 0.0904. The third-order valence-electron chi connectivity index (χ3n) is 3.30. The van der Waals surface area contributed by atoms with E-state index in [1.165, 1.54) is 29.1 Å². The van der Waals surface area contributed by atoms with Crippen molar-refractivity contribution in [1.29, 1.82) is 0 Å². The van der Waals surface area contributed by atoms with Gasteiger partial charge < -0.3 is 4.74 Å². The zero-order valence-corrected chi connectivity index (χ0v) is 15.2. The summed E-state index contributed by atoms with van der Waals surface area (Å²) in [4.78, 5) is 12.8. The third kappa shape index (κ3) is 4.91. The van der Waals surface area contributed by atoms with Crippen molar-refractivity contribution in [2.24, 2.45) is 0 Å². The predicted molar refractivity (Wildman–Crippen MR) is 101 cm³/mol. The van der Waals surface area contributed by atoms with Crippen molar-refractivity contribution in [3.8, 4) is 0 Å². The fourth-order valence-corrected chi connectivity index (χ4v) is 3.39. The highest BCUT2D eigenvalue weighted by atomic mass is 32.2. The molecule has 0 aliphatic rings. The van der Waals surface area contributed by atoms with Gasteiger partial charge in [-0.2, -0.15) is 0 Å². The molecule has 0 heterocycles. The Kier molecular flexibility index (Phi) is 6.81. The van der Waals surface area contributed by atoms with E-state index in [0.29, 0.717) is 17.9 Å². The summed E-state index contributed by atoms with van der Waals surface area (Å²) in [6, 6.07) is 17.4. The Morgan fingerprint density at radius 2 is 1.57 bits per heavy atom. The second-order valence-corrected chi connectivity index (χ2v) is 6.89. The fraction of sp³-hybridized carbons (Fsp3) is 0.211. The number of ether oxygens (including phenoxy) is 1. The van der Waals surface area contributed by atoms with Crippen LogP contribution in [0.2, 0.25) is 0 Å². The molecule has 2 aromatic carbocycles. The lowest BCUT2D eigenvalue weighted by Crippen LogP contribution is -2.09. The first-order valence-electron chi connectivity index (χ1n) is 7.26. The van der Waals surface area contributed by atoms with E-state index in [-0.39, 0.29) is 5.78 Å². The largest absolute Gasteiger partial charge is 0.483 e. The highest BCUT2D eigenvalue weighted by molar-refractivity contribution is 8.21. The number of carbonyl (C=O) groups excluding carboxylic acids is 1. The molecule has 2 nitrogen and oxygen atoms in total. The highest BCUT2D eigenvalue weighted by Crippen LogP contribution is 2.30. The van der Waals surface area contributed by atoms with Gasteiger partial charge in [0.25, 0.3) is 0 Å². The average Bonchev–Trinajstić information content (AvgIpc) is 2.60. The molecule has 0 bridgehead atoms. The van der Waals surface area contributed by atoms with Crippen molar-refractivity contribution in [1.82, 2.24) is 0 Å². The summed E-state index contributed by atoms with van der Waals surface area (Å²) in [6.07, 6.45) is 3.92. The van der Waals surface area contributed by atoms with Gasteiger partial charge in [0.2, 0.25) is 5.78 Å². The minimum absolute atomic E-state index is 0.0728. The molecular weight excluding hydrogens is 324 g/mol. The number of hydrogen-bond acceptors (Lipinski definition) is 4. The fourth-order valence-electron chi connectivity index (χ4n) is 2.05. The van der Waals surface area contributed by atoms with Gasteiger partial charge in [0.05, 0.1) is 4.24 Å². The first-order chi connectivity index (χ1) is 11.2. The van der Waals surface area contributed by atoms with E-state index < -0.39 is 0 Å². The van der Waals surface area contributed by atoms with Gasteiger partial charge in [0, 0.05) is 5.56 Å². The van der Waals surface area contributed by atoms with Gasteiger partial charge in [-0.05, 0) is 25.0 Å². The number of carbonyl (C=O) groups is 1. The molecule has 0 spiro atoms. The second-order valence-electron chi connectivity index (χ2n) is 4.99. The van der Waals surface area contributed by atoms with Gasteiger partial charge in [0.1, 0.15) is 6.61 Å². The lowest BCUT2D eigenvalue weighted by Gasteiger charge is -2.13. The normalized spacial score (nSPS) is 10.2. The van der Waals surface area contributed by atoms with E-state index in [9.17, 15) is 4.79 Å². The van der Waals surface area contributed by atoms with Crippen LogP contribution in [0.5, 0.6) is 0 Å². The number of Topliss-reactive ketones (excluding diaryl/α,β-unsaturated/α-hetero) is 1. The minimum atomic E-state index is -0.0728. The molecule has 0 N–H and O–H groups in total. The Bertz CT molecular complexity index is 670. The van der Waals surface area contributed by atoms with Crippen LogP contribution in [0.3, 0.4) is 0 Å². The number of thioether (sulfide) groups is 2. The molecular formula is C19H20O2S2. The summed E-state index contributed by atoms with van der Waals surface area (Å²) >= 11 is 3.07. The quantitative estimate of drug-likeness (QED) is 0.387. The van der Waals surface area contributed by atoms with Crippen molar-refractivity contribution in [2.45, 2.75) is 13.5 Å². The van der Waals surface area contributed by atoms with Gasteiger partial charge in [-0.25, -0.2) is 0 Å². The van der Waals surface area contributed by atoms with Crippen LogP contribution in [0.15, 0.2) is 64.6 Å². The second kappa shape index (κ2) is 8.85. The van der Waals surface area contributed by atoms with E-state index in [0.717, 1.165) is 9.80 Å². The standard InChI is InChI=1S/C19H20O2S2/c1-14-9-11-15(12-10-14)13-21-18(19(22-2)23-3)17(20)16-7-5-4-6-8-16/h4-12H,13H2,1-3H3. The van der Waals surface area contributed by atoms with E-state index in [4.69, 9.17) is 4.74 Å². The molecule has 4 heteroatoms. The maximum atomic E-state index is 12.8. The first-order valence-corrected chi connectivity index (χ1v) is 9.71. The van der Waals surface area contributed by atoms with E-state index in [1.54, 1.807) is 0 Å². The SMILES string of the molecule is CSC(SC)=C(OCc1ccc(C)cc1)C(=O)c1ccccc1. The zero-order valence-electron chi connectivity index (χ0n) is 13.5. The smallest absolute Gasteiger partial charge is 0.229 e. The van der Waals surface area contributed by atoms with Gasteiger partial charge >= 0.3 is 0 Å². The maximum absolute atomic E-state index is 12.8. The van der Waals surface area contributed by atoms with Crippen LogP contribution in [0.25, 0.3) is 0 Å². The number of allylic oxidation sites excluding steroid dienone is 1. The summed E-state index contributed by atoms with van der Waals surface area (Å²) in [7, 11) is 0. The lowest BCUT2D eigenvalue weighted by atomic mass is 10.1. The third-order valence-corrected chi connectivity index (χ3v) is 5.41. The first kappa shape index (κ1) is 17.7. The minimum Gasteiger partial charge on any atom is -0.483 e. The molecule has 2 rings (SSSR count). The van der Waals surface area contributed by atoms with E-state index in [1.807, 2.05) is 67.1 Å². The Morgan fingerprint density at radius 1 is 0.957 bits per heavy atom. The number of hydrogen-bond donors (Lipinski definition) is 0. The van der Waals surface area contributed by atoms with Crippen LogP contribution in [0.4, 0.5) is 0 Å². The number of rotatable bonds is 7. The van der Waals surface area contributed by atoms with E-state index in [2.05, 4.69) is 6.92 Å². The molecule has 0 aromatic heterocycles. The van der Waals surface area contributed by atoms with Crippen LogP contribution in [0, 0.1) is 6.92 Å². The van der Waals surface area contributed by atoms with Gasteiger partial charge in [-0.15, -0.1) is 23.5 Å². The monoisotopic (exact) mass is 344 g/mol. The van der Waals surface area contributed by atoms with Crippen molar-refractivity contribution < 1.29 is 9.53 Å². The topological polar surface area (TPSA) is 26.3 Å². The molecule has 0 fully saturated rings. The van der Waals surface area contributed by atoms with Crippen molar-refractivity contribution in [3.63, 3.8) is 0 Å². The molecule has 0 aliphatic heterocycles. The number of aryl methyl sites for hydroxylation is 1. The Balaban J connectivity index is 2.23. The van der Waals surface area contributed by atoms with Crippen LogP contribution < -0.4 is 0 Å². The Morgan fingerprint density at radius 3 is 2.13 bits per heavy atom. The van der Waals surface area contributed by atoms with Crippen LogP contribution >= 0.6 is 23.5 Å². The molecule has 0 unspecified atom stereocenters. The summed E-state index contributed by atoms with van der Waals surface area (Å²) in [5.74, 6) is 0.355. The summed E-state index contributed by atoms with van der Waals surface area (Å²) in [6.45, 7) is 2.44. The highest BCUT2D eigenvalue weighted by Gasteiger charge is 2.18. The van der Waals surface area contributed by atoms with Crippen LogP contribution in [-0.4, -0.2) is 18.3 Å². The van der Waals surface area contributed by atoms with E-state index >= 15 is 0 Å². The van der Waals surface area contributed by atoms with Crippen molar-refractivity contribution >= 4 is 29.3 Å². The van der Waals surface area contributed by atoms with Crippen molar-refractivity contribution in [3.05, 3.63) is 81.3 Å². The molecule has 0 radical (unpaired) electrons. The van der Waals surface area contributed by atoms with Crippen LogP contribution in [0.1, 0.15) is 21.5 Å². The predicted octanol–water partition coefficient (Wildman–Crippen LogP) is 5.29. The molecule has 2 aromatic rings. The Labute approximate surface area is 146 Å². The summed E-state index contributed by atoms with van der Waals surface area (Å²) in [5, 5.41) is 0. The molecule has 0 aliphatic carbocycles. The molecule has 23 heavy (non-hydrogen) atoms. The molecule has 120 valence electrons. The Hall–Kier alpha value is -1.65. The van der Waals surface area contributed by atoms with Gasteiger partial charge in [-0.1, -0.05) is 60.2 Å². The summed E-state index contributed by atoms with van der Waals surface area (Å²) < 4.78 is 6.81. The molecule has 0 saturated heterocycles. The zero-order chi connectivity index (χ0) is 16.7.